The van der Waals surface area contributed by atoms with Gasteiger partial charge in [0.05, 0.1) is 20.6 Å². The molecule has 0 atom stereocenters. The quantitative estimate of drug-likeness (QED) is 0.266. The number of hydrogen-bond donors (Lipinski definition) is 0. The second-order valence-corrected chi connectivity index (χ2v) is 5.76. The van der Waals surface area contributed by atoms with Crippen LogP contribution in [-0.4, -0.2) is 18.9 Å². The van der Waals surface area contributed by atoms with E-state index in [2.05, 4.69) is 0 Å². The van der Waals surface area contributed by atoms with Crippen LogP contribution in [0, 0.1) is 20.2 Å². The van der Waals surface area contributed by atoms with Gasteiger partial charge in [0, 0.05) is 12.1 Å². The van der Waals surface area contributed by atoms with E-state index >= 15 is 0 Å². The second-order valence-electron chi connectivity index (χ2n) is 5.76. The molecule has 0 aliphatic heterocycles. The number of fused-ring (bicyclic) bond motifs is 3. The van der Waals surface area contributed by atoms with Crippen molar-refractivity contribution in [2.24, 2.45) is 0 Å². The van der Waals surface area contributed by atoms with Crippen molar-refractivity contribution in [3.63, 3.8) is 0 Å². The van der Waals surface area contributed by atoms with Gasteiger partial charge in [0.15, 0.2) is 0 Å². The molecule has 12 nitrogen and oxygen atoms in total. The number of hydrogen-bond acceptors (Lipinski definition) is 8. The highest BCUT2D eigenvalue weighted by atomic mass is 16.6. The van der Waals surface area contributed by atoms with E-state index in [9.17, 15) is 39.4 Å². The summed E-state index contributed by atoms with van der Waals surface area (Å²) in [6.45, 7) is 0. The van der Waals surface area contributed by atoms with Crippen LogP contribution in [-0.2, 0) is 0 Å². The Balaban J connectivity index is 2.49. The van der Waals surface area contributed by atoms with Crippen molar-refractivity contribution in [3.8, 4) is 0 Å². The van der Waals surface area contributed by atoms with Gasteiger partial charge in [-0.1, -0.05) is 12.1 Å². The first kappa shape index (κ1) is 17.0. The summed E-state index contributed by atoms with van der Waals surface area (Å²) < 4.78 is 0.345. The van der Waals surface area contributed by atoms with E-state index in [0.29, 0.717) is 0 Å². The van der Waals surface area contributed by atoms with E-state index in [4.69, 9.17) is 0 Å². The fourth-order valence-electron chi connectivity index (χ4n) is 3.18. The summed E-state index contributed by atoms with van der Waals surface area (Å²) in [6, 6.07) is 6.47. The van der Waals surface area contributed by atoms with Gasteiger partial charge in [-0.25, -0.2) is 0 Å². The smallest absolute Gasteiger partial charge is 0.267 e. The third kappa shape index (κ3) is 1.99. The molecule has 12 heteroatoms. The van der Waals surface area contributed by atoms with Crippen molar-refractivity contribution in [1.29, 1.82) is 0 Å². The van der Waals surface area contributed by atoms with Gasteiger partial charge >= 0.3 is 0 Å². The molecule has 0 aliphatic rings. The Hall–Kier alpha value is -4.48. The SMILES string of the molecule is O=c1c2cccc([N+](=O)[O-])c2c(=O)n2c(=O)c3c([N+](=O)[O-])cccc3c(=O)n12. The minimum Gasteiger partial charge on any atom is -0.267 e. The molecule has 0 spiro atoms. The maximum absolute atomic E-state index is 12.9. The summed E-state index contributed by atoms with van der Waals surface area (Å²) >= 11 is 0. The fraction of sp³-hybridized carbons (Fsp3) is 0. The molecule has 0 bridgehead atoms. The van der Waals surface area contributed by atoms with Crippen LogP contribution in [0.3, 0.4) is 0 Å². The first-order valence-corrected chi connectivity index (χ1v) is 7.58. The lowest BCUT2D eigenvalue weighted by Crippen LogP contribution is -2.45. The average Bonchev–Trinajstić information content (AvgIpc) is 2.67. The normalized spacial score (nSPS) is 11.3. The van der Waals surface area contributed by atoms with Gasteiger partial charge in [0.2, 0.25) is 0 Å². The molecule has 2 aromatic heterocycles. The maximum atomic E-state index is 12.9. The molecule has 4 aromatic rings. The maximum Gasteiger partial charge on any atom is 0.288 e. The van der Waals surface area contributed by atoms with E-state index in [1.54, 1.807) is 0 Å². The average molecular weight is 382 g/mol. The number of nitro groups is 2. The molecule has 28 heavy (non-hydrogen) atoms. The molecule has 0 radical (unpaired) electrons. The summed E-state index contributed by atoms with van der Waals surface area (Å²) in [7, 11) is 0. The lowest BCUT2D eigenvalue weighted by molar-refractivity contribution is -0.383. The molecular weight excluding hydrogens is 376 g/mol. The Labute approximate surface area is 150 Å². The summed E-state index contributed by atoms with van der Waals surface area (Å²) in [5.41, 5.74) is -6.33. The van der Waals surface area contributed by atoms with Crippen LogP contribution in [0.5, 0.6) is 0 Å². The third-order valence-electron chi connectivity index (χ3n) is 4.34. The number of non-ortho nitro benzene ring substituents is 2. The van der Waals surface area contributed by atoms with Gasteiger partial charge in [0.25, 0.3) is 33.6 Å². The Morgan fingerprint density at radius 3 is 1.32 bits per heavy atom. The molecule has 0 fully saturated rings. The number of nitrogens with zero attached hydrogens (tertiary/aromatic N) is 4. The molecule has 0 unspecified atom stereocenters. The number of rotatable bonds is 2. The van der Waals surface area contributed by atoms with Gasteiger partial charge < -0.3 is 0 Å². The van der Waals surface area contributed by atoms with Crippen LogP contribution < -0.4 is 22.2 Å². The molecule has 0 saturated carbocycles. The lowest BCUT2D eigenvalue weighted by Gasteiger charge is -2.06. The topological polar surface area (TPSA) is 163 Å². The minimum absolute atomic E-state index is 0.106. The van der Waals surface area contributed by atoms with Gasteiger partial charge in [0.1, 0.15) is 10.8 Å². The van der Waals surface area contributed by atoms with Crippen LogP contribution >= 0.6 is 0 Å². The zero-order chi connectivity index (χ0) is 20.3. The highest BCUT2D eigenvalue weighted by Crippen LogP contribution is 2.21. The number of nitro benzene ring substituents is 2. The fourth-order valence-corrected chi connectivity index (χ4v) is 3.18. The van der Waals surface area contributed by atoms with Crippen molar-refractivity contribution in [1.82, 2.24) is 9.03 Å². The van der Waals surface area contributed by atoms with Crippen LogP contribution in [0.1, 0.15) is 0 Å². The predicted octanol–water partition coefficient (Wildman–Crippen LogP) is 0.0402. The minimum atomic E-state index is -1.30. The predicted molar refractivity (Wildman–Crippen MR) is 95.4 cm³/mol. The molecule has 2 heterocycles. The van der Waals surface area contributed by atoms with E-state index in [-0.39, 0.29) is 9.03 Å². The Kier molecular flexibility index (Phi) is 3.34. The zero-order valence-electron chi connectivity index (χ0n) is 13.5. The highest BCUT2D eigenvalue weighted by Gasteiger charge is 2.25. The molecule has 0 saturated heterocycles. The molecule has 0 aliphatic carbocycles. The van der Waals surface area contributed by atoms with Crippen molar-refractivity contribution >= 4 is 32.9 Å². The molecular formula is C16H6N4O8. The zero-order valence-corrected chi connectivity index (χ0v) is 13.5. The van der Waals surface area contributed by atoms with Gasteiger partial charge in [-0.15, -0.1) is 0 Å². The van der Waals surface area contributed by atoms with Gasteiger partial charge in [-0.2, -0.15) is 9.03 Å². The molecule has 0 amide bonds. The van der Waals surface area contributed by atoms with Crippen LogP contribution in [0.25, 0.3) is 21.5 Å². The van der Waals surface area contributed by atoms with Crippen molar-refractivity contribution in [3.05, 3.63) is 98.0 Å². The lowest BCUT2D eigenvalue weighted by atomic mass is 10.1. The van der Waals surface area contributed by atoms with E-state index in [1.807, 2.05) is 0 Å². The Morgan fingerprint density at radius 1 is 0.607 bits per heavy atom. The summed E-state index contributed by atoms with van der Waals surface area (Å²) in [4.78, 5) is 71.9. The van der Waals surface area contributed by atoms with Crippen molar-refractivity contribution in [2.45, 2.75) is 0 Å². The highest BCUT2D eigenvalue weighted by molar-refractivity contribution is 5.91. The van der Waals surface area contributed by atoms with E-state index < -0.39 is 65.0 Å². The standard InChI is InChI=1S/C16H6N4O8/c21-13-7-3-1-5-9(19(25)26)11(7)15(23)18-16(24)12-8(14(22)17(13)18)4-2-6-10(12)20(27)28/h1-6H. The Bertz CT molecular complexity index is 1490. The van der Waals surface area contributed by atoms with E-state index in [1.165, 1.54) is 0 Å². The largest absolute Gasteiger partial charge is 0.288 e. The molecule has 0 N–H and O–H groups in total. The van der Waals surface area contributed by atoms with Gasteiger partial charge in [-0.05, 0) is 12.1 Å². The first-order chi connectivity index (χ1) is 13.3. The summed E-state index contributed by atoms with van der Waals surface area (Å²) in [6.07, 6.45) is 0. The van der Waals surface area contributed by atoms with Crippen LogP contribution in [0.4, 0.5) is 11.4 Å². The van der Waals surface area contributed by atoms with Gasteiger partial charge in [-0.3, -0.25) is 39.4 Å². The number of benzene rings is 2. The second kappa shape index (κ2) is 5.51. The van der Waals surface area contributed by atoms with Crippen LogP contribution in [0.15, 0.2) is 55.6 Å². The summed E-state index contributed by atoms with van der Waals surface area (Å²) in [5, 5.41) is 20.3. The molecule has 4 rings (SSSR count). The molecule has 138 valence electrons. The monoisotopic (exact) mass is 382 g/mol. The summed E-state index contributed by atoms with van der Waals surface area (Å²) in [5.74, 6) is 0. The van der Waals surface area contributed by atoms with E-state index in [0.717, 1.165) is 36.4 Å². The molecule has 2 aromatic carbocycles. The van der Waals surface area contributed by atoms with Crippen molar-refractivity contribution < 1.29 is 9.85 Å². The Morgan fingerprint density at radius 2 is 0.964 bits per heavy atom. The number of aromatic nitrogens is 2. The van der Waals surface area contributed by atoms with Crippen molar-refractivity contribution in [2.75, 3.05) is 0 Å². The third-order valence-corrected chi connectivity index (χ3v) is 4.34. The first-order valence-electron chi connectivity index (χ1n) is 7.58. The van der Waals surface area contributed by atoms with Crippen LogP contribution in [0.2, 0.25) is 0 Å².